The Bertz CT molecular complexity index is 258. The van der Waals surface area contributed by atoms with Crippen molar-refractivity contribution in [2.24, 2.45) is 0 Å². The molecule has 0 aliphatic heterocycles. The number of rotatable bonds is 2. The lowest BCUT2D eigenvalue weighted by atomic mass is 9.99. The lowest BCUT2D eigenvalue weighted by Gasteiger charge is -2.19. The van der Waals surface area contributed by atoms with Crippen LogP contribution in [0.4, 0.5) is 0 Å². The summed E-state index contributed by atoms with van der Waals surface area (Å²) in [6, 6.07) is 8.79. The van der Waals surface area contributed by atoms with Crippen molar-refractivity contribution in [2.75, 3.05) is 0 Å². The monoisotopic (exact) mass is 180 g/mol. The standard InChI is InChI=1S/C11H17P/c1-4-9-6-5-7-10(8-9)11(2,3)12/h5-8H,4,12H2,1-3H3. The largest absolute Gasteiger partial charge is 0.127 e. The van der Waals surface area contributed by atoms with E-state index < -0.39 is 0 Å². The first kappa shape index (κ1) is 9.74. The minimum Gasteiger partial charge on any atom is -0.127 e. The Morgan fingerprint density at radius 3 is 2.50 bits per heavy atom. The highest BCUT2D eigenvalue weighted by Gasteiger charge is 2.12. The molecule has 0 nitrogen and oxygen atoms in total. The maximum absolute atomic E-state index is 2.87. The Hall–Kier alpha value is -0.350. The fourth-order valence-corrected chi connectivity index (χ4v) is 1.37. The molecule has 0 aliphatic carbocycles. The third kappa shape index (κ3) is 2.32. The van der Waals surface area contributed by atoms with Crippen molar-refractivity contribution in [1.29, 1.82) is 0 Å². The zero-order valence-corrected chi connectivity index (χ0v) is 9.25. The summed E-state index contributed by atoms with van der Waals surface area (Å²) in [6.45, 7) is 6.62. The lowest BCUT2D eigenvalue weighted by Crippen LogP contribution is -2.06. The average Bonchev–Trinajstić information content (AvgIpc) is 2.03. The van der Waals surface area contributed by atoms with E-state index in [1.165, 1.54) is 11.1 Å². The maximum Gasteiger partial charge on any atom is 0.00414 e. The number of hydrogen-bond donors (Lipinski definition) is 0. The van der Waals surface area contributed by atoms with Crippen LogP contribution >= 0.6 is 9.24 Å². The SMILES string of the molecule is CCc1cccc(C(C)(C)P)c1. The molecule has 0 aromatic heterocycles. The van der Waals surface area contributed by atoms with Crippen LogP contribution in [0, 0.1) is 0 Å². The molecule has 1 aromatic carbocycles. The third-order valence-corrected chi connectivity index (χ3v) is 2.41. The van der Waals surface area contributed by atoms with Crippen molar-refractivity contribution in [2.45, 2.75) is 32.3 Å². The molecular formula is C11H17P. The Kier molecular flexibility index (Phi) is 2.90. The van der Waals surface area contributed by atoms with Crippen LogP contribution in [0.2, 0.25) is 0 Å². The van der Waals surface area contributed by atoms with Gasteiger partial charge < -0.3 is 0 Å². The molecule has 0 aliphatic rings. The number of aryl methyl sites for hydroxylation is 1. The summed E-state index contributed by atoms with van der Waals surface area (Å²) in [5, 5.41) is 0.200. The van der Waals surface area contributed by atoms with E-state index in [-0.39, 0.29) is 5.16 Å². The summed E-state index contributed by atoms with van der Waals surface area (Å²) in [5.41, 5.74) is 2.81. The first-order valence-electron chi connectivity index (χ1n) is 4.42. The molecule has 1 rings (SSSR count). The molecule has 66 valence electrons. The molecular weight excluding hydrogens is 163 g/mol. The van der Waals surface area contributed by atoms with Gasteiger partial charge in [0.05, 0.1) is 0 Å². The van der Waals surface area contributed by atoms with Crippen LogP contribution < -0.4 is 0 Å². The predicted octanol–water partition coefficient (Wildman–Crippen LogP) is 3.36. The first-order valence-corrected chi connectivity index (χ1v) is 5.00. The second kappa shape index (κ2) is 3.58. The molecule has 1 heteroatoms. The van der Waals surface area contributed by atoms with Crippen molar-refractivity contribution in [3.63, 3.8) is 0 Å². The fourth-order valence-electron chi connectivity index (χ4n) is 1.19. The minimum absolute atomic E-state index is 0.200. The summed E-state index contributed by atoms with van der Waals surface area (Å²) in [6.07, 6.45) is 1.12. The summed E-state index contributed by atoms with van der Waals surface area (Å²) in [4.78, 5) is 0. The molecule has 0 radical (unpaired) electrons. The van der Waals surface area contributed by atoms with E-state index in [4.69, 9.17) is 0 Å². The van der Waals surface area contributed by atoms with Crippen LogP contribution in [0.3, 0.4) is 0 Å². The highest BCUT2D eigenvalue weighted by Crippen LogP contribution is 2.30. The van der Waals surface area contributed by atoms with Crippen LogP contribution in [0.15, 0.2) is 24.3 Å². The molecule has 12 heavy (non-hydrogen) atoms. The second-order valence-corrected chi connectivity index (χ2v) is 5.22. The fraction of sp³-hybridized carbons (Fsp3) is 0.455. The molecule has 0 amide bonds. The normalized spacial score (nSPS) is 11.7. The molecule has 0 fully saturated rings. The van der Waals surface area contributed by atoms with Crippen molar-refractivity contribution in [3.05, 3.63) is 35.4 Å². The van der Waals surface area contributed by atoms with Crippen molar-refractivity contribution in [1.82, 2.24) is 0 Å². The molecule has 1 unspecified atom stereocenters. The minimum atomic E-state index is 0.200. The van der Waals surface area contributed by atoms with Gasteiger partial charge in [-0.05, 0) is 17.5 Å². The van der Waals surface area contributed by atoms with Crippen LogP contribution in [-0.4, -0.2) is 0 Å². The van der Waals surface area contributed by atoms with Gasteiger partial charge in [-0.3, -0.25) is 0 Å². The molecule has 0 saturated carbocycles. The van der Waals surface area contributed by atoms with Crippen LogP contribution in [0.5, 0.6) is 0 Å². The van der Waals surface area contributed by atoms with Gasteiger partial charge in [-0.1, -0.05) is 45.0 Å². The first-order chi connectivity index (χ1) is 5.54. The molecule has 0 N–H and O–H groups in total. The smallest absolute Gasteiger partial charge is 0.00414 e. The Morgan fingerprint density at radius 2 is 2.00 bits per heavy atom. The quantitative estimate of drug-likeness (QED) is 0.612. The van der Waals surface area contributed by atoms with Gasteiger partial charge in [0.25, 0.3) is 0 Å². The van der Waals surface area contributed by atoms with Gasteiger partial charge in [0.2, 0.25) is 0 Å². The van der Waals surface area contributed by atoms with Crippen LogP contribution in [0.25, 0.3) is 0 Å². The molecule has 1 atom stereocenters. The zero-order chi connectivity index (χ0) is 9.19. The van der Waals surface area contributed by atoms with E-state index in [9.17, 15) is 0 Å². The number of hydrogen-bond acceptors (Lipinski definition) is 0. The van der Waals surface area contributed by atoms with E-state index in [1.807, 2.05) is 0 Å². The van der Waals surface area contributed by atoms with Gasteiger partial charge in [-0.15, -0.1) is 9.24 Å². The van der Waals surface area contributed by atoms with E-state index in [0.717, 1.165) is 6.42 Å². The third-order valence-electron chi connectivity index (χ3n) is 2.08. The van der Waals surface area contributed by atoms with Crippen molar-refractivity contribution in [3.8, 4) is 0 Å². The molecule has 0 spiro atoms. The molecule has 0 bridgehead atoms. The van der Waals surface area contributed by atoms with E-state index in [1.54, 1.807) is 0 Å². The molecule has 0 saturated heterocycles. The summed E-state index contributed by atoms with van der Waals surface area (Å²) in [7, 11) is 2.87. The predicted molar refractivity (Wildman–Crippen MR) is 58.6 cm³/mol. The zero-order valence-electron chi connectivity index (χ0n) is 8.09. The maximum atomic E-state index is 2.87. The average molecular weight is 180 g/mol. The summed E-state index contributed by atoms with van der Waals surface area (Å²) in [5.74, 6) is 0. The highest BCUT2D eigenvalue weighted by atomic mass is 31.0. The second-order valence-electron chi connectivity index (χ2n) is 3.78. The van der Waals surface area contributed by atoms with Crippen LogP contribution in [0.1, 0.15) is 31.9 Å². The van der Waals surface area contributed by atoms with E-state index >= 15 is 0 Å². The van der Waals surface area contributed by atoms with Gasteiger partial charge in [0, 0.05) is 5.16 Å². The summed E-state index contributed by atoms with van der Waals surface area (Å²) >= 11 is 0. The topological polar surface area (TPSA) is 0 Å². The molecule has 1 aromatic rings. The van der Waals surface area contributed by atoms with Gasteiger partial charge in [-0.2, -0.15) is 0 Å². The van der Waals surface area contributed by atoms with E-state index in [2.05, 4.69) is 54.3 Å². The van der Waals surface area contributed by atoms with Crippen molar-refractivity contribution >= 4 is 9.24 Å². The Morgan fingerprint density at radius 1 is 1.33 bits per heavy atom. The Labute approximate surface area is 77.6 Å². The van der Waals surface area contributed by atoms with Gasteiger partial charge in [0.15, 0.2) is 0 Å². The van der Waals surface area contributed by atoms with Gasteiger partial charge >= 0.3 is 0 Å². The van der Waals surface area contributed by atoms with Gasteiger partial charge in [0.1, 0.15) is 0 Å². The van der Waals surface area contributed by atoms with Gasteiger partial charge in [-0.25, -0.2) is 0 Å². The molecule has 0 heterocycles. The van der Waals surface area contributed by atoms with Crippen molar-refractivity contribution < 1.29 is 0 Å². The number of benzene rings is 1. The Balaban J connectivity index is 3.02. The summed E-state index contributed by atoms with van der Waals surface area (Å²) < 4.78 is 0. The lowest BCUT2D eigenvalue weighted by molar-refractivity contribution is 0.780. The van der Waals surface area contributed by atoms with Crippen LogP contribution in [-0.2, 0) is 11.6 Å². The van der Waals surface area contributed by atoms with E-state index in [0.29, 0.717) is 0 Å². The highest BCUT2D eigenvalue weighted by molar-refractivity contribution is 7.18.